The van der Waals surface area contributed by atoms with Crippen LogP contribution in [0, 0.1) is 5.92 Å². The smallest absolute Gasteiger partial charge is 0.253 e. The van der Waals surface area contributed by atoms with E-state index < -0.39 is 10.0 Å². The molecule has 0 aliphatic carbocycles. The van der Waals surface area contributed by atoms with Gasteiger partial charge in [0.15, 0.2) is 0 Å². The highest BCUT2D eigenvalue weighted by molar-refractivity contribution is 7.89. The number of para-hydroxylation sites is 1. The van der Waals surface area contributed by atoms with E-state index in [9.17, 15) is 18.0 Å². The summed E-state index contributed by atoms with van der Waals surface area (Å²) >= 11 is 0. The van der Waals surface area contributed by atoms with E-state index in [0.717, 1.165) is 12.8 Å². The van der Waals surface area contributed by atoms with E-state index in [1.54, 1.807) is 36.4 Å². The summed E-state index contributed by atoms with van der Waals surface area (Å²) in [4.78, 5) is 25.9. The van der Waals surface area contributed by atoms with Crippen molar-refractivity contribution in [2.75, 3.05) is 38.7 Å². The Morgan fingerprint density at radius 2 is 1.77 bits per heavy atom. The zero-order valence-electron chi connectivity index (χ0n) is 19.7. The number of rotatable bonds is 8. The van der Waals surface area contributed by atoms with E-state index in [0.29, 0.717) is 43.0 Å². The third-order valence-corrected chi connectivity index (χ3v) is 8.38. The molecule has 2 aromatic rings. The highest BCUT2D eigenvalue weighted by atomic mass is 32.2. The van der Waals surface area contributed by atoms with Crippen LogP contribution in [0.5, 0.6) is 5.75 Å². The molecule has 188 valence electrons. The van der Waals surface area contributed by atoms with E-state index in [4.69, 9.17) is 9.47 Å². The van der Waals surface area contributed by atoms with Gasteiger partial charge in [-0.25, -0.2) is 8.42 Å². The number of hydrogen-bond acceptors (Lipinski definition) is 6. The maximum absolute atomic E-state index is 13.0. The fourth-order valence-electron chi connectivity index (χ4n) is 4.39. The minimum absolute atomic E-state index is 0.0279. The number of carbonyl (C=O) groups excluding carboxylic acids is 2. The van der Waals surface area contributed by atoms with E-state index in [2.05, 4.69) is 10.6 Å². The maximum atomic E-state index is 13.0. The topological polar surface area (TPSA) is 114 Å². The zero-order chi connectivity index (χ0) is 24.8. The molecular formula is C25H31N3O6S. The van der Waals surface area contributed by atoms with Crippen LogP contribution in [0.4, 0.5) is 5.69 Å². The SMILES string of the molecule is COc1ccc(S(=O)(=O)N2CCC(C(=O)Nc3ccccc3C(=O)NC[C@H]3CCCO3)CC2)cc1. The molecule has 35 heavy (non-hydrogen) atoms. The fraction of sp³-hybridized carbons (Fsp3) is 0.440. The fourth-order valence-corrected chi connectivity index (χ4v) is 5.86. The molecule has 0 saturated carbocycles. The number of benzene rings is 2. The van der Waals surface area contributed by atoms with Gasteiger partial charge in [0.1, 0.15) is 5.75 Å². The average Bonchev–Trinajstić information content (AvgIpc) is 3.41. The molecule has 9 nitrogen and oxygen atoms in total. The number of piperidine rings is 1. The summed E-state index contributed by atoms with van der Waals surface area (Å²) in [5.41, 5.74) is 0.828. The van der Waals surface area contributed by atoms with Gasteiger partial charge in [-0.1, -0.05) is 12.1 Å². The molecule has 2 fully saturated rings. The van der Waals surface area contributed by atoms with E-state index in [-0.39, 0.29) is 41.8 Å². The molecule has 2 N–H and O–H groups in total. The number of ether oxygens (including phenoxy) is 2. The van der Waals surface area contributed by atoms with Crippen molar-refractivity contribution in [1.29, 1.82) is 0 Å². The van der Waals surface area contributed by atoms with Gasteiger partial charge in [0, 0.05) is 32.2 Å². The molecule has 0 bridgehead atoms. The van der Waals surface area contributed by atoms with E-state index >= 15 is 0 Å². The number of hydrogen-bond donors (Lipinski definition) is 2. The first kappa shape index (κ1) is 25.2. The van der Waals surface area contributed by atoms with Crippen LogP contribution in [-0.4, -0.2) is 64.0 Å². The van der Waals surface area contributed by atoms with Crippen molar-refractivity contribution >= 4 is 27.5 Å². The van der Waals surface area contributed by atoms with E-state index in [1.807, 2.05) is 0 Å². The van der Waals surface area contributed by atoms with Crippen LogP contribution in [0.2, 0.25) is 0 Å². The van der Waals surface area contributed by atoms with Crippen molar-refractivity contribution in [1.82, 2.24) is 9.62 Å². The van der Waals surface area contributed by atoms with Crippen molar-refractivity contribution < 1.29 is 27.5 Å². The summed E-state index contributed by atoms with van der Waals surface area (Å²) in [5.74, 6) is -0.247. The second kappa shape index (κ2) is 11.2. The lowest BCUT2D eigenvalue weighted by atomic mass is 9.97. The molecule has 10 heteroatoms. The molecule has 0 unspecified atom stereocenters. The largest absolute Gasteiger partial charge is 0.497 e. The van der Waals surface area contributed by atoms with Crippen LogP contribution >= 0.6 is 0 Å². The second-order valence-electron chi connectivity index (χ2n) is 8.73. The normalized spacial score (nSPS) is 19.3. The minimum Gasteiger partial charge on any atom is -0.497 e. The number of amides is 2. The first-order valence-electron chi connectivity index (χ1n) is 11.8. The summed E-state index contributed by atoms with van der Waals surface area (Å²) in [7, 11) is -2.12. The molecule has 0 radical (unpaired) electrons. The summed E-state index contributed by atoms with van der Waals surface area (Å²) in [5, 5.41) is 5.76. The monoisotopic (exact) mass is 501 g/mol. The van der Waals surface area contributed by atoms with Crippen molar-refractivity contribution in [2.45, 2.75) is 36.7 Å². The number of sulfonamides is 1. The Kier molecular flexibility index (Phi) is 8.04. The Hall–Kier alpha value is -2.95. The maximum Gasteiger partial charge on any atom is 0.253 e. The molecule has 4 rings (SSSR count). The number of nitrogens with one attached hydrogen (secondary N) is 2. The van der Waals surface area contributed by atoms with Gasteiger partial charge >= 0.3 is 0 Å². The van der Waals surface area contributed by atoms with E-state index in [1.165, 1.54) is 23.5 Å². The van der Waals surface area contributed by atoms with Gasteiger partial charge in [-0.05, 0) is 62.1 Å². The molecular weight excluding hydrogens is 470 g/mol. The van der Waals surface area contributed by atoms with Gasteiger partial charge in [0.25, 0.3) is 5.91 Å². The van der Waals surface area contributed by atoms with Gasteiger partial charge in [0.2, 0.25) is 15.9 Å². The van der Waals surface area contributed by atoms with Gasteiger partial charge in [-0.3, -0.25) is 9.59 Å². The van der Waals surface area contributed by atoms with Crippen LogP contribution in [0.15, 0.2) is 53.4 Å². The summed E-state index contributed by atoms with van der Waals surface area (Å²) in [6, 6.07) is 13.1. The van der Waals surface area contributed by atoms with Crippen LogP contribution in [0.3, 0.4) is 0 Å². The Morgan fingerprint density at radius 1 is 1.06 bits per heavy atom. The van der Waals surface area contributed by atoms with Crippen molar-refractivity contribution in [2.24, 2.45) is 5.92 Å². The Labute approximate surface area is 205 Å². The standard InChI is InChI=1S/C25H31N3O6S/c1-33-19-8-10-21(11-9-19)35(31,32)28-14-12-18(13-15-28)24(29)27-23-7-3-2-6-22(23)25(30)26-17-20-5-4-16-34-20/h2-3,6-11,18,20H,4-5,12-17H2,1H3,(H,26,30)(H,27,29)/t20-/m1/s1. The summed E-state index contributed by atoms with van der Waals surface area (Å²) < 4.78 is 38.0. The van der Waals surface area contributed by atoms with Crippen molar-refractivity contribution in [3.05, 3.63) is 54.1 Å². The third-order valence-electron chi connectivity index (χ3n) is 6.47. The predicted molar refractivity (Wildman–Crippen MR) is 131 cm³/mol. The molecule has 2 aliphatic heterocycles. The second-order valence-corrected chi connectivity index (χ2v) is 10.7. The van der Waals surface area contributed by atoms with Gasteiger partial charge in [0.05, 0.1) is 29.4 Å². The molecule has 2 aliphatic rings. The molecule has 2 heterocycles. The van der Waals surface area contributed by atoms with Crippen molar-refractivity contribution in [3.8, 4) is 5.75 Å². The lowest BCUT2D eigenvalue weighted by Gasteiger charge is -2.30. The first-order valence-corrected chi connectivity index (χ1v) is 13.3. The molecule has 1 atom stereocenters. The van der Waals surface area contributed by atoms with Gasteiger partial charge in [-0.2, -0.15) is 4.31 Å². The highest BCUT2D eigenvalue weighted by Crippen LogP contribution is 2.26. The lowest BCUT2D eigenvalue weighted by molar-refractivity contribution is -0.120. The lowest BCUT2D eigenvalue weighted by Crippen LogP contribution is -2.41. The zero-order valence-corrected chi connectivity index (χ0v) is 20.6. The molecule has 0 spiro atoms. The molecule has 0 aromatic heterocycles. The number of methoxy groups -OCH3 is 1. The number of nitrogens with zero attached hydrogens (tertiary/aromatic N) is 1. The van der Waals surface area contributed by atoms with Crippen LogP contribution in [0.25, 0.3) is 0 Å². The number of anilines is 1. The molecule has 2 aromatic carbocycles. The predicted octanol–water partition coefficient (Wildman–Crippen LogP) is 2.64. The van der Waals surface area contributed by atoms with Crippen LogP contribution in [-0.2, 0) is 19.6 Å². The third kappa shape index (κ3) is 6.01. The first-order chi connectivity index (χ1) is 16.9. The summed E-state index contributed by atoms with van der Waals surface area (Å²) in [6.45, 7) is 1.64. The van der Waals surface area contributed by atoms with Gasteiger partial charge in [-0.15, -0.1) is 0 Å². The van der Waals surface area contributed by atoms with Crippen LogP contribution < -0.4 is 15.4 Å². The van der Waals surface area contributed by atoms with Gasteiger partial charge < -0.3 is 20.1 Å². The molecule has 2 amide bonds. The van der Waals surface area contributed by atoms with Crippen LogP contribution in [0.1, 0.15) is 36.0 Å². The Morgan fingerprint density at radius 3 is 2.43 bits per heavy atom. The average molecular weight is 502 g/mol. The van der Waals surface area contributed by atoms with Crippen molar-refractivity contribution in [3.63, 3.8) is 0 Å². The Bertz CT molecular complexity index is 1140. The molecule has 2 saturated heterocycles. The highest BCUT2D eigenvalue weighted by Gasteiger charge is 2.32. The summed E-state index contributed by atoms with van der Waals surface area (Å²) in [6.07, 6.45) is 2.74. The minimum atomic E-state index is -3.64. The number of carbonyl (C=O) groups is 2. The quantitative estimate of drug-likeness (QED) is 0.575. The Balaban J connectivity index is 1.34.